The predicted octanol–water partition coefficient (Wildman–Crippen LogP) is 2.72. The molecule has 0 saturated carbocycles. The molecule has 0 aliphatic rings. The molecule has 0 aliphatic carbocycles. The summed E-state index contributed by atoms with van der Waals surface area (Å²) in [5, 5.41) is 10.7. The van der Waals surface area contributed by atoms with E-state index in [1.54, 1.807) is 25.1 Å². The Kier molecular flexibility index (Phi) is 5.30. The third-order valence-corrected chi connectivity index (χ3v) is 4.09. The molecule has 0 unspecified atom stereocenters. The van der Waals surface area contributed by atoms with Crippen molar-refractivity contribution in [1.29, 1.82) is 0 Å². The number of nitrogens with one attached hydrogen (secondary N) is 1. The Bertz CT molecular complexity index is 962. The molecule has 0 atom stereocenters. The second-order valence-corrected chi connectivity index (χ2v) is 6.35. The van der Waals surface area contributed by atoms with E-state index in [1.807, 2.05) is 22.6 Å². The summed E-state index contributed by atoms with van der Waals surface area (Å²) in [7, 11) is 0. The first-order chi connectivity index (χ1) is 12.5. The lowest BCUT2D eigenvalue weighted by Crippen LogP contribution is -2.20. The summed E-state index contributed by atoms with van der Waals surface area (Å²) in [6.45, 7) is 1.87. The van der Waals surface area contributed by atoms with E-state index in [1.165, 1.54) is 18.5 Å². The van der Waals surface area contributed by atoms with Gasteiger partial charge in [-0.2, -0.15) is 0 Å². The van der Waals surface area contributed by atoms with Crippen molar-refractivity contribution in [2.75, 3.05) is 17.8 Å². The van der Waals surface area contributed by atoms with Crippen LogP contribution in [0.25, 0.3) is 11.4 Å². The molecule has 0 saturated heterocycles. The molecular weight excluding hydrogens is 454 g/mol. The van der Waals surface area contributed by atoms with Gasteiger partial charge in [0, 0.05) is 15.3 Å². The zero-order chi connectivity index (χ0) is 18.7. The number of pyridine rings is 1. The van der Waals surface area contributed by atoms with Gasteiger partial charge >= 0.3 is 5.97 Å². The van der Waals surface area contributed by atoms with E-state index in [-0.39, 0.29) is 23.9 Å². The topological polar surface area (TPSA) is 108 Å². The number of hydrogen-bond donors (Lipinski definition) is 2. The average molecular weight is 468 g/mol. The molecule has 10 heteroatoms. The van der Waals surface area contributed by atoms with Crippen LogP contribution in [0.1, 0.15) is 17.5 Å². The second kappa shape index (κ2) is 7.64. The van der Waals surface area contributed by atoms with Crippen LogP contribution >= 0.6 is 22.6 Å². The van der Waals surface area contributed by atoms with Crippen LogP contribution in [0.2, 0.25) is 0 Å². The maximum atomic E-state index is 14.1. The van der Waals surface area contributed by atoms with E-state index in [0.29, 0.717) is 11.3 Å². The fourth-order valence-electron chi connectivity index (χ4n) is 2.23. The fourth-order valence-corrected chi connectivity index (χ4v) is 2.69. The van der Waals surface area contributed by atoms with Crippen molar-refractivity contribution in [2.24, 2.45) is 0 Å². The van der Waals surface area contributed by atoms with E-state index >= 15 is 0 Å². The van der Waals surface area contributed by atoms with Gasteiger partial charge in [-0.25, -0.2) is 13.9 Å². The number of nitrogen functional groups attached to an aromatic ring is 1. The molecule has 1 aromatic carbocycles. The number of nitrogens with two attached hydrogens (primary N) is 1. The molecule has 0 radical (unpaired) electrons. The third-order valence-electron chi connectivity index (χ3n) is 3.42. The zero-order valence-electron chi connectivity index (χ0n) is 13.6. The lowest BCUT2D eigenvalue weighted by atomic mass is 10.2. The molecule has 3 N–H and O–H groups in total. The van der Waals surface area contributed by atoms with Crippen molar-refractivity contribution in [2.45, 2.75) is 6.92 Å². The number of benzene rings is 1. The molecule has 8 nitrogen and oxygen atoms in total. The number of carbonyl (C=O) groups excluding carboxylic acids is 1. The van der Waals surface area contributed by atoms with E-state index in [9.17, 15) is 9.18 Å². The van der Waals surface area contributed by atoms with Gasteiger partial charge in [-0.3, -0.25) is 4.98 Å². The monoisotopic (exact) mass is 468 g/mol. The number of rotatable bonds is 5. The molecule has 0 spiro atoms. The number of aromatic nitrogens is 4. The third kappa shape index (κ3) is 3.59. The molecule has 26 heavy (non-hydrogen) atoms. The highest BCUT2D eigenvalue weighted by Gasteiger charge is 2.21. The Morgan fingerprint density at radius 1 is 1.35 bits per heavy atom. The minimum Gasteiger partial charge on any atom is -0.460 e. The van der Waals surface area contributed by atoms with Crippen LogP contribution in [-0.4, -0.2) is 32.4 Å². The lowest BCUT2D eigenvalue weighted by Gasteiger charge is -2.12. The number of nitrogens with zero attached hydrogens (tertiary/aromatic N) is 4. The van der Waals surface area contributed by atoms with E-state index in [2.05, 4.69) is 20.5 Å². The number of esters is 1. The van der Waals surface area contributed by atoms with Crippen LogP contribution in [0.15, 0.2) is 36.7 Å². The normalized spacial score (nSPS) is 10.6. The molecule has 0 fully saturated rings. The summed E-state index contributed by atoms with van der Waals surface area (Å²) in [6, 6.07) is 6.43. The number of hydrogen-bond acceptors (Lipinski definition) is 7. The molecule has 3 aromatic rings. The van der Waals surface area contributed by atoms with Gasteiger partial charge in [0.1, 0.15) is 5.82 Å². The Balaban J connectivity index is 1.99. The van der Waals surface area contributed by atoms with Crippen molar-refractivity contribution in [3.8, 4) is 11.4 Å². The molecule has 134 valence electrons. The second-order valence-electron chi connectivity index (χ2n) is 5.11. The van der Waals surface area contributed by atoms with Gasteiger partial charge in [0.2, 0.25) is 0 Å². The molecule has 0 amide bonds. The maximum absolute atomic E-state index is 14.1. The van der Waals surface area contributed by atoms with Crippen LogP contribution in [0, 0.1) is 9.39 Å². The summed E-state index contributed by atoms with van der Waals surface area (Å²) in [5.74, 6) is 4.94. The quantitative estimate of drug-likeness (QED) is 0.337. The van der Waals surface area contributed by atoms with E-state index < -0.39 is 11.8 Å². The highest BCUT2D eigenvalue weighted by Crippen LogP contribution is 2.29. The standard InChI is InChI=1S/C16H14FIN6O2/c1-2-26-16(25)15-23-22-14(24(15)19)10-5-6-20-8-13(10)21-12-4-3-9(18)7-11(12)17/h3-8,21H,2,19H2,1H3. The highest BCUT2D eigenvalue weighted by atomic mass is 127. The molecule has 0 bridgehead atoms. The fraction of sp³-hybridized carbons (Fsp3) is 0.125. The maximum Gasteiger partial charge on any atom is 0.378 e. The van der Waals surface area contributed by atoms with E-state index in [0.717, 1.165) is 8.25 Å². The van der Waals surface area contributed by atoms with Crippen LogP contribution < -0.4 is 11.2 Å². The van der Waals surface area contributed by atoms with Crippen LogP contribution in [-0.2, 0) is 4.74 Å². The summed E-state index contributed by atoms with van der Waals surface area (Å²) in [5.41, 5.74) is 1.24. The first-order valence-electron chi connectivity index (χ1n) is 7.55. The molecule has 0 aliphatic heterocycles. The molecule has 2 heterocycles. The number of carbonyl (C=O) groups is 1. The number of anilines is 2. The summed E-state index contributed by atoms with van der Waals surface area (Å²) in [6.07, 6.45) is 3.04. The summed E-state index contributed by atoms with van der Waals surface area (Å²) in [4.78, 5) is 15.9. The van der Waals surface area contributed by atoms with Gasteiger partial charge in [0.05, 0.1) is 24.2 Å². The first-order valence-corrected chi connectivity index (χ1v) is 8.63. The Morgan fingerprint density at radius 3 is 2.88 bits per heavy atom. The Hall–Kier alpha value is -2.76. The van der Waals surface area contributed by atoms with Gasteiger partial charge in [-0.05, 0) is 53.8 Å². The molecular formula is C16H14FIN6O2. The molecule has 3 rings (SSSR count). The summed E-state index contributed by atoms with van der Waals surface area (Å²) >= 11 is 2.03. The van der Waals surface area contributed by atoms with Gasteiger partial charge in [0.15, 0.2) is 5.82 Å². The van der Waals surface area contributed by atoms with Crippen LogP contribution in [0.5, 0.6) is 0 Å². The predicted molar refractivity (Wildman–Crippen MR) is 102 cm³/mol. The lowest BCUT2D eigenvalue weighted by molar-refractivity contribution is 0.0508. The van der Waals surface area contributed by atoms with Crippen molar-refractivity contribution < 1.29 is 13.9 Å². The van der Waals surface area contributed by atoms with Crippen molar-refractivity contribution >= 4 is 39.9 Å². The van der Waals surface area contributed by atoms with Gasteiger partial charge in [0.25, 0.3) is 5.82 Å². The average Bonchev–Trinajstić information content (AvgIpc) is 2.99. The van der Waals surface area contributed by atoms with Crippen molar-refractivity contribution in [1.82, 2.24) is 19.9 Å². The smallest absolute Gasteiger partial charge is 0.378 e. The number of ether oxygens (including phenoxy) is 1. The van der Waals surface area contributed by atoms with Gasteiger partial charge < -0.3 is 15.9 Å². The first kappa shape index (κ1) is 18.0. The number of halogens is 2. The minimum atomic E-state index is -0.680. The SMILES string of the molecule is CCOC(=O)c1nnc(-c2ccncc2Nc2ccc(I)cc2F)n1N. The van der Waals surface area contributed by atoms with Crippen molar-refractivity contribution in [3.05, 3.63) is 51.9 Å². The zero-order valence-corrected chi connectivity index (χ0v) is 15.8. The Morgan fingerprint density at radius 2 is 2.15 bits per heavy atom. The van der Waals surface area contributed by atoms with Crippen molar-refractivity contribution in [3.63, 3.8) is 0 Å². The van der Waals surface area contributed by atoms with Gasteiger partial charge in [-0.1, -0.05) is 0 Å². The molecule has 2 aromatic heterocycles. The summed E-state index contributed by atoms with van der Waals surface area (Å²) < 4.78 is 20.8. The largest absolute Gasteiger partial charge is 0.460 e. The van der Waals surface area contributed by atoms with Crippen LogP contribution in [0.3, 0.4) is 0 Å². The van der Waals surface area contributed by atoms with E-state index in [4.69, 9.17) is 10.6 Å². The minimum absolute atomic E-state index is 0.134. The highest BCUT2D eigenvalue weighted by molar-refractivity contribution is 14.1. The van der Waals surface area contributed by atoms with Crippen LogP contribution in [0.4, 0.5) is 15.8 Å². The Labute approximate surface area is 161 Å². The van der Waals surface area contributed by atoms with Gasteiger partial charge in [-0.15, -0.1) is 10.2 Å².